The molecule has 19 heavy (non-hydrogen) atoms. The van der Waals surface area contributed by atoms with Crippen LogP contribution in [0.15, 0.2) is 18.2 Å². The molecule has 0 saturated carbocycles. The van der Waals surface area contributed by atoms with Crippen LogP contribution in [-0.2, 0) is 4.74 Å². The standard InChI is InChI=1S/C15H17NO2S/c1-8-5-6-9(2)11(7-8)13-10(3)12(16)14(19-13)15(17)18-4/h5-7H,16H2,1-4H3. The Morgan fingerprint density at radius 1 is 1.26 bits per heavy atom. The van der Waals surface area contributed by atoms with Crippen molar-refractivity contribution in [3.05, 3.63) is 39.8 Å². The van der Waals surface area contributed by atoms with Gasteiger partial charge >= 0.3 is 5.97 Å². The molecule has 0 fully saturated rings. The minimum absolute atomic E-state index is 0.373. The summed E-state index contributed by atoms with van der Waals surface area (Å²) in [5, 5.41) is 0. The summed E-state index contributed by atoms with van der Waals surface area (Å²) in [6.45, 7) is 6.05. The van der Waals surface area contributed by atoms with Crippen molar-refractivity contribution in [1.82, 2.24) is 0 Å². The smallest absolute Gasteiger partial charge is 0.350 e. The third-order valence-electron chi connectivity index (χ3n) is 3.20. The van der Waals surface area contributed by atoms with Gasteiger partial charge in [-0.2, -0.15) is 0 Å². The minimum atomic E-state index is -0.373. The number of ether oxygens (including phenoxy) is 1. The van der Waals surface area contributed by atoms with Gasteiger partial charge in [0.15, 0.2) is 0 Å². The molecular weight excluding hydrogens is 258 g/mol. The number of nitrogens with two attached hydrogens (primary N) is 1. The lowest BCUT2D eigenvalue weighted by Gasteiger charge is -2.06. The molecule has 0 unspecified atom stereocenters. The quantitative estimate of drug-likeness (QED) is 0.850. The number of hydrogen-bond donors (Lipinski definition) is 1. The van der Waals surface area contributed by atoms with Crippen LogP contribution in [0.2, 0.25) is 0 Å². The van der Waals surface area contributed by atoms with Crippen molar-refractivity contribution in [2.45, 2.75) is 20.8 Å². The van der Waals surface area contributed by atoms with E-state index in [9.17, 15) is 4.79 Å². The first-order valence-corrected chi connectivity index (χ1v) is 6.82. The van der Waals surface area contributed by atoms with Crippen LogP contribution < -0.4 is 5.73 Å². The zero-order valence-electron chi connectivity index (χ0n) is 11.5. The molecule has 1 heterocycles. The number of nitrogen functional groups attached to an aromatic ring is 1. The molecule has 2 aromatic rings. The predicted octanol–water partition coefficient (Wildman–Crippen LogP) is 3.71. The Labute approximate surface area is 117 Å². The average Bonchev–Trinajstić information content (AvgIpc) is 2.69. The monoisotopic (exact) mass is 275 g/mol. The summed E-state index contributed by atoms with van der Waals surface area (Å²) in [5.41, 5.74) is 11.0. The van der Waals surface area contributed by atoms with Gasteiger partial charge in [-0.15, -0.1) is 11.3 Å². The Bertz CT molecular complexity index is 644. The van der Waals surface area contributed by atoms with E-state index in [1.807, 2.05) is 6.92 Å². The van der Waals surface area contributed by atoms with Crippen LogP contribution in [0.4, 0.5) is 5.69 Å². The van der Waals surface area contributed by atoms with Crippen molar-refractivity contribution in [2.24, 2.45) is 0 Å². The van der Waals surface area contributed by atoms with Crippen molar-refractivity contribution >= 4 is 23.0 Å². The Morgan fingerprint density at radius 2 is 1.95 bits per heavy atom. The summed E-state index contributed by atoms with van der Waals surface area (Å²) in [4.78, 5) is 13.2. The molecule has 1 aromatic carbocycles. The Hall–Kier alpha value is -1.81. The molecule has 2 rings (SSSR count). The van der Waals surface area contributed by atoms with Gasteiger partial charge in [0.1, 0.15) is 4.88 Å². The molecule has 0 spiro atoms. The van der Waals surface area contributed by atoms with Crippen LogP contribution in [0.3, 0.4) is 0 Å². The molecule has 0 atom stereocenters. The van der Waals surface area contributed by atoms with Gasteiger partial charge in [0.2, 0.25) is 0 Å². The van der Waals surface area contributed by atoms with Crippen LogP contribution in [-0.4, -0.2) is 13.1 Å². The lowest BCUT2D eigenvalue weighted by atomic mass is 10.0. The van der Waals surface area contributed by atoms with Gasteiger partial charge in [-0.1, -0.05) is 23.8 Å². The first-order chi connectivity index (χ1) is 8.95. The van der Waals surface area contributed by atoms with E-state index in [1.165, 1.54) is 29.6 Å². The molecular formula is C15H17NO2S. The van der Waals surface area contributed by atoms with Gasteiger partial charge in [0.25, 0.3) is 0 Å². The summed E-state index contributed by atoms with van der Waals surface area (Å²) in [5.74, 6) is -0.373. The van der Waals surface area contributed by atoms with Gasteiger partial charge in [-0.3, -0.25) is 0 Å². The zero-order valence-corrected chi connectivity index (χ0v) is 12.4. The lowest BCUT2D eigenvalue weighted by molar-refractivity contribution is 0.0607. The van der Waals surface area contributed by atoms with Crippen molar-refractivity contribution in [3.8, 4) is 10.4 Å². The SMILES string of the molecule is COC(=O)c1sc(-c2cc(C)ccc2C)c(C)c1N. The number of aryl methyl sites for hydroxylation is 2. The second-order valence-electron chi connectivity index (χ2n) is 4.61. The third kappa shape index (κ3) is 2.36. The number of esters is 1. The van der Waals surface area contributed by atoms with Crippen LogP contribution in [0.5, 0.6) is 0 Å². The largest absolute Gasteiger partial charge is 0.465 e. The molecule has 0 saturated heterocycles. The van der Waals surface area contributed by atoms with Crippen molar-refractivity contribution in [3.63, 3.8) is 0 Å². The number of methoxy groups -OCH3 is 1. The van der Waals surface area contributed by atoms with Crippen LogP contribution in [0, 0.1) is 20.8 Å². The Morgan fingerprint density at radius 3 is 2.58 bits per heavy atom. The molecule has 0 amide bonds. The van der Waals surface area contributed by atoms with Gasteiger partial charge < -0.3 is 10.5 Å². The summed E-state index contributed by atoms with van der Waals surface area (Å²) in [7, 11) is 1.37. The van der Waals surface area contributed by atoms with Gasteiger partial charge in [-0.25, -0.2) is 4.79 Å². The maximum absolute atomic E-state index is 11.7. The van der Waals surface area contributed by atoms with Crippen molar-refractivity contribution in [1.29, 1.82) is 0 Å². The lowest BCUT2D eigenvalue weighted by Crippen LogP contribution is -2.01. The minimum Gasteiger partial charge on any atom is -0.465 e. The van der Waals surface area contributed by atoms with E-state index in [1.54, 1.807) is 0 Å². The molecule has 0 aliphatic carbocycles. The van der Waals surface area contributed by atoms with Gasteiger partial charge in [-0.05, 0) is 37.5 Å². The number of thiophene rings is 1. The maximum Gasteiger partial charge on any atom is 0.350 e. The van der Waals surface area contributed by atoms with E-state index in [0.29, 0.717) is 10.6 Å². The fourth-order valence-corrected chi connectivity index (χ4v) is 3.23. The first kappa shape index (κ1) is 13.6. The number of carbonyl (C=O) groups excluding carboxylic acids is 1. The van der Waals surface area contributed by atoms with Crippen LogP contribution >= 0.6 is 11.3 Å². The second-order valence-corrected chi connectivity index (χ2v) is 5.63. The normalized spacial score (nSPS) is 10.5. The molecule has 4 heteroatoms. The van der Waals surface area contributed by atoms with Crippen molar-refractivity contribution in [2.75, 3.05) is 12.8 Å². The third-order valence-corrected chi connectivity index (χ3v) is 4.52. The topological polar surface area (TPSA) is 52.3 Å². The molecule has 100 valence electrons. The van der Waals surface area contributed by atoms with Gasteiger partial charge in [0.05, 0.1) is 12.8 Å². The fourth-order valence-electron chi connectivity index (χ4n) is 2.01. The van der Waals surface area contributed by atoms with E-state index < -0.39 is 0 Å². The molecule has 0 radical (unpaired) electrons. The Kier molecular flexibility index (Phi) is 3.62. The highest BCUT2D eigenvalue weighted by Crippen LogP contribution is 2.39. The average molecular weight is 275 g/mol. The molecule has 0 bridgehead atoms. The first-order valence-electron chi connectivity index (χ1n) is 6.00. The Balaban J connectivity index is 2.63. The summed E-state index contributed by atoms with van der Waals surface area (Å²) < 4.78 is 4.77. The van der Waals surface area contributed by atoms with E-state index in [-0.39, 0.29) is 5.97 Å². The number of benzene rings is 1. The van der Waals surface area contributed by atoms with Crippen LogP contribution in [0.25, 0.3) is 10.4 Å². The maximum atomic E-state index is 11.7. The number of anilines is 1. The van der Waals surface area contributed by atoms with E-state index >= 15 is 0 Å². The second kappa shape index (κ2) is 5.05. The highest BCUT2D eigenvalue weighted by Gasteiger charge is 2.20. The van der Waals surface area contributed by atoms with E-state index in [4.69, 9.17) is 10.5 Å². The summed E-state index contributed by atoms with van der Waals surface area (Å²) >= 11 is 1.40. The fraction of sp³-hybridized carbons (Fsp3) is 0.267. The molecule has 0 aliphatic rings. The molecule has 2 N–H and O–H groups in total. The highest BCUT2D eigenvalue weighted by atomic mass is 32.1. The van der Waals surface area contributed by atoms with Gasteiger partial charge in [0, 0.05) is 4.88 Å². The summed E-state index contributed by atoms with van der Waals surface area (Å²) in [6, 6.07) is 6.28. The number of rotatable bonds is 2. The van der Waals surface area contributed by atoms with E-state index in [2.05, 4.69) is 32.0 Å². The van der Waals surface area contributed by atoms with Crippen molar-refractivity contribution < 1.29 is 9.53 Å². The summed E-state index contributed by atoms with van der Waals surface area (Å²) in [6.07, 6.45) is 0. The molecule has 3 nitrogen and oxygen atoms in total. The molecule has 1 aromatic heterocycles. The zero-order chi connectivity index (χ0) is 14.2. The van der Waals surface area contributed by atoms with E-state index in [0.717, 1.165) is 16.0 Å². The number of carbonyl (C=O) groups is 1. The molecule has 0 aliphatic heterocycles. The van der Waals surface area contributed by atoms with Crippen LogP contribution in [0.1, 0.15) is 26.4 Å². The predicted molar refractivity (Wildman–Crippen MR) is 79.7 cm³/mol. The highest BCUT2D eigenvalue weighted by molar-refractivity contribution is 7.18. The number of hydrogen-bond acceptors (Lipinski definition) is 4.